The first-order chi connectivity index (χ1) is 7.81. The summed E-state index contributed by atoms with van der Waals surface area (Å²) in [6.45, 7) is 0.978. The van der Waals surface area contributed by atoms with Crippen molar-refractivity contribution in [3.63, 3.8) is 0 Å². The molecule has 0 saturated heterocycles. The Bertz CT molecular complexity index is 494. The summed E-state index contributed by atoms with van der Waals surface area (Å²) in [6, 6.07) is 1.74. The number of carbonyl (C=O) groups is 1. The molecule has 2 heterocycles. The van der Waals surface area contributed by atoms with Crippen molar-refractivity contribution in [2.75, 3.05) is 20.3 Å². The van der Waals surface area contributed by atoms with Crippen LogP contribution in [0.25, 0.3) is 11.0 Å². The third kappa shape index (κ3) is 2.17. The largest absolute Gasteiger partial charge is 0.383 e. The molecule has 0 aliphatic rings. The number of carbonyl (C=O) groups excluding carboxylic acids is 1. The van der Waals surface area contributed by atoms with Gasteiger partial charge >= 0.3 is 0 Å². The monoisotopic (exact) mass is 220 g/mol. The maximum atomic E-state index is 11.6. The summed E-state index contributed by atoms with van der Waals surface area (Å²) in [7, 11) is 1.59. The van der Waals surface area contributed by atoms with Crippen LogP contribution in [0.2, 0.25) is 0 Å². The number of aromatic nitrogens is 3. The number of nitrogens with one attached hydrogen (secondary N) is 2. The predicted molar refractivity (Wildman–Crippen MR) is 58.1 cm³/mol. The first-order valence-corrected chi connectivity index (χ1v) is 4.87. The van der Waals surface area contributed by atoms with Gasteiger partial charge in [-0.3, -0.25) is 9.89 Å². The van der Waals surface area contributed by atoms with Crippen LogP contribution in [0.5, 0.6) is 0 Å². The molecular weight excluding hydrogens is 208 g/mol. The Hall–Kier alpha value is -1.95. The third-order valence-corrected chi connectivity index (χ3v) is 2.15. The topological polar surface area (TPSA) is 79.9 Å². The molecular formula is C10H12N4O2. The maximum absolute atomic E-state index is 11.6. The molecule has 0 radical (unpaired) electrons. The van der Waals surface area contributed by atoms with E-state index >= 15 is 0 Å². The van der Waals surface area contributed by atoms with Crippen LogP contribution in [0, 0.1) is 0 Å². The summed E-state index contributed by atoms with van der Waals surface area (Å²) >= 11 is 0. The average Bonchev–Trinajstić information content (AvgIpc) is 2.76. The van der Waals surface area contributed by atoms with E-state index in [0.717, 1.165) is 5.39 Å². The molecule has 1 amide bonds. The average molecular weight is 220 g/mol. The zero-order valence-electron chi connectivity index (χ0n) is 8.86. The fourth-order valence-corrected chi connectivity index (χ4v) is 1.33. The van der Waals surface area contributed by atoms with Crippen molar-refractivity contribution >= 4 is 16.9 Å². The summed E-state index contributed by atoms with van der Waals surface area (Å²) in [5.41, 5.74) is 1.19. The standard InChI is InChI=1S/C10H12N4O2/c1-16-3-2-11-10(15)8-4-7-6-13-14-9(7)12-5-8/h4-6H,2-3H2,1H3,(H,11,15)(H,12,13,14). The second kappa shape index (κ2) is 4.71. The molecule has 6 heteroatoms. The Labute approximate surface area is 92.0 Å². The number of nitrogens with zero attached hydrogens (tertiary/aromatic N) is 2. The summed E-state index contributed by atoms with van der Waals surface area (Å²) in [5, 5.41) is 10.1. The molecule has 2 aromatic rings. The molecule has 0 bridgehead atoms. The first-order valence-electron chi connectivity index (χ1n) is 4.87. The lowest BCUT2D eigenvalue weighted by Gasteiger charge is -2.03. The highest BCUT2D eigenvalue weighted by molar-refractivity contribution is 5.96. The van der Waals surface area contributed by atoms with E-state index in [4.69, 9.17) is 4.74 Å². The van der Waals surface area contributed by atoms with Gasteiger partial charge in [0.15, 0.2) is 5.65 Å². The van der Waals surface area contributed by atoms with Crippen molar-refractivity contribution in [2.24, 2.45) is 0 Å². The minimum absolute atomic E-state index is 0.160. The van der Waals surface area contributed by atoms with Gasteiger partial charge in [-0.25, -0.2) is 4.98 Å². The van der Waals surface area contributed by atoms with E-state index in [1.165, 1.54) is 6.20 Å². The number of pyridine rings is 1. The second-order valence-electron chi connectivity index (χ2n) is 3.28. The molecule has 0 unspecified atom stereocenters. The molecule has 0 spiro atoms. The van der Waals surface area contributed by atoms with Crippen LogP contribution in [0.4, 0.5) is 0 Å². The zero-order valence-corrected chi connectivity index (χ0v) is 8.86. The molecule has 16 heavy (non-hydrogen) atoms. The number of hydrogen-bond donors (Lipinski definition) is 2. The Morgan fingerprint density at radius 2 is 2.44 bits per heavy atom. The highest BCUT2D eigenvalue weighted by Gasteiger charge is 2.06. The maximum Gasteiger partial charge on any atom is 0.252 e. The summed E-state index contributed by atoms with van der Waals surface area (Å²) < 4.78 is 4.84. The van der Waals surface area contributed by atoms with Gasteiger partial charge in [0, 0.05) is 25.2 Å². The second-order valence-corrected chi connectivity index (χ2v) is 3.28. The fraction of sp³-hybridized carbons (Fsp3) is 0.300. The molecule has 2 rings (SSSR count). The first kappa shape index (κ1) is 10.6. The molecule has 0 saturated carbocycles. The van der Waals surface area contributed by atoms with Crippen molar-refractivity contribution in [1.82, 2.24) is 20.5 Å². The van der Waals surface area contributed by atoms with Crippen molar-refractivity contribution in [3.8, 4) is 0 Å². The van der Waals surface area contributed by atoms with Crippen LogP contribution in [-0.2, 0) is 4.74 Å². The van der Waals surface area contributed by atoms with Crippen LogP contribution in [0.1, 0.15) is 10.4 Å². The van der Waals surface area contributed by atoms with Gasteiger partial charge in [0.2, 0.25) is 0 Å². The number of ether oxygens (including phenoxy) is 1. The van der Waals surface area contributed by atoms with E-state index in [2.05, 4.69) is 20.5 Å². The minimum Gasteiger partial charge on any atom is -0.383 e. The van der Waals surface area contributed by atoms with Crippen LogP contribution in [0.15, 0.2) is 18.5 Å². The van der Waals surface area contributed by atoms with Crippen LogP contribution < -0.4 is 5.32 Å². The number of H-pyrrole nitrogens is 1. The number of methoxy groups -OCH3 is 1. The van der Waals surface area contributed by atoms with Gasteiger partial charge in [0.1, 0.15) is 0 Å². The van der Waals surface area contributed by atoms with Crippen molar-refractivity contribution < 1.29 is 9.53 Å². The Morgan fingerprint density at radius 1 is 1.56 bits per heavy atom. The van der Waals surface area contributed by atoms with Crippen molar-refractivity contribution in [1.29, 1.82) is 0 Å². The number of rotatable bonds is 4. The van der Waals surface area contributed by atoms with E-state index < -0.39 is 0 Å². The number of aromatic amines is 1. The van der Waals surface area contributed by atoms with Gasteiger partial charge in [-0.2, -0.15) is 5.10 Å². The Balaban J connectivity index is 2.10. The van der Waals surface area contributed by atoms with E-state index in [1.807, 2.05) is 0 Å². The molecule has 0 atom stereocenters. The predicted octanol–water partition coefficient (Wildman–Crippen LogP) is 0.334. The van der Waals surface area contributed by atoms with E-state index in [0.29, 0.717) is 24.4 Å². The van der Waals surface area contributed by atoms with E-state index in [-0.39, 0.29) is 5.91 Å². The molecule has 6 nitrogen and oxygen atoms in total. The molecule has 0 aliphatic heterocycles. The van der Waals surface area contributed by atoms with Crippen LogP contribution in [0.3, 0.4) is 0 Å². The lowest BCUT2D eigenvalue weighted by molar-refractivity contribution is 0.0937. The van der Waals surface area contributed by atoms with Crippen LogP contribution in [-0.4, -0.2) is 41.3 Å². The smallest absolute Gasteiger partial charge is 0.252 e. The number of amides is 1. The summed E-state index contributed by atoms with van der Waals surface area (Å²) in [4.78, 5) is 15.7. The van der Waals surface area contributed by atoms with Crippen molar-refractivity contribution in [2.45, 2.75) is 0 Å². The fourth-order valence-electron chi connectivity index (χ4n) is 1.33. The third-order valence-electron chi connectivity index (χ3n) is 2.15. The van der Waals surface area contributed by atoms with Gasteiger partial charge in [0.25, 0.3) is 5.91 Å². The molecule has 0 aromatic carbocycles. The SMILES string of the molecule is COCCNC(=O)c1cnc2[nH]ncc2c1. The van der Waals surface area contributed by atoms with Gasteiger partial charge in [-0.15, -0.1) is 0 Å². The van der Waals surface area contributed by atoms with Crippen LogP contribution >= 0.6 is 0 Å². The Kier molecular flexibility index (Phi) is 3.11. The summed E-state index contributed by atoms with van der Waals surface area (Å²) in [6.07, 6.45) is 3.15. The van der Waals surface area contributed by atoms with Gasteiger partial charge in [-0.1, -0.05) is 0 Å². The number of fused-ring (bicyclic) bond motifs is 1. The van der Waals surface area contributed by atoms with E-state index in [9.17, 15) is 4.79 Å². The zero-order chi connectivity index (χ0) is 11.4. The highest BCUT2D eigenvalue weighted by Crippen LogP contribution is 2.09. The lowest BCUT2D eigenvalue weighted by atomic mass is 10.2. The molecule has 84 valence electrons. The minimum atomic E-state index is -0.160. The normalized spacial score (nSPS) is 10.6. The lowest BCUT2D eigenvalue weighted by Crippen LogP contribution is -2.26. The molecule has 0 aliphatic carbocycles. The highest BCUT2D eigenvalue weighted by atomic mass is 16.5. The van der Waals surface area contributed by atoms with Gasteiger partial charge < -0.3 is 10.1 Å². The number of hydrogen-bond acceptors (Lipinski definition) is 4. The summed E-state index contributed by atoms with van der Waals surface area (Å²) in [5.74, 6) is -0.160. The Morgan fingerprint density at radius 3 is 3.25 bits per heavy atom. The van der Waals surface area contributed by atoms with Gasteiger partial charge in [0.05, 0.1) is 18.4 Å². The quantitative estimate of drug-likeness (QED) is 0.728. The van der Waals surface area contributed by atoms with E-state index in [1.54, 1.807) is 19.4 Å². The molecule has 2 N–H and O–H groups in total. The molecule has 2 aromatic heterocycles. The molecule has 0 fully saturated rings. The van der Waals surface area contributed by atoms with Crippen molar-refractivity contribution in [3.05, 3.63) is 24.0 Å². The van der Waals surface area contributed by atoms with Gasteiger partial charge in [-0.05, 0) is 6.07 Å².